The molecule has 0 aromatic rings. The van der Waals surface area contributed by atoms with Crippen LogP contribution in [0.1, 0.15) is 79.1 Å². The number of nitrogens with two attached hydrogens (primary N) is 1. The number of nitrogens with zero attached hydrogens (tertiary/aromatic N) is 1. The number of fused-ring (bicyclic) bond motifs is 1. The normalized spacial score (nSPS) is 26.5. The highest BCUT2D eigenvalue weighted by molar-refractivity contribution is 6.51. The summed E-state index contributed by atoms with van der Waals surface area (Å²) in [7, 11) is 0. The lowest BCUT2D eigenvalue weighted by Gasteiger charge is -2.36. The average molecular weight is 561 g/mol. The molecule has 3 rings (SSSR count). The second kappa shape index (κ2) is 11.5. The van der Waals surface area contributed by atoms with E-state index in [0.29, 0.717) is 12.8 Å². The van der Waals surface area contributed by atoms with Gasteiger partial charge in [-0.2, -0.15) is 0 Å². The van der Waals surface area contributed by atoms with Gasteiger partial charge in [-0.25, -0.2) is 4.79 Å². The zero-order valence-corrected chi connectivity index (χ0v) is 23.6. The molecule has 2 aliphatic carbocycles. The number of alkyl carbamates (subject to hydrolysis) is 1. The van der Waals surface area contributed by atoms with E-state index in [0.717, 1.165) is 32.1 Å². The van der Waals surface area contributed by atoms with Crippen LogP contribution in [-0.4, -0.2) is 62.9 Å². The Morgan fingerprint density at radius 2 is 1.73 bits per heavy atom. The quantitative estimate of drug-likeness (QED) is 0.310. The summed E-state index contributed by atoms with van der Waals surface area (Å²) in [5.41, 5.74) is 4.46. The van der Waals surface area contributed by atoms with Gasteiger partial charge in [0.25, 0.3) is 5.91 Å². The first kappa shape index (κ1) is 29.7. The second-order valence-electron chi connectivity index (χ2n) is 11.6. The molecule has 1 saturated heterocycles. The number of halogens is 2. The van der Waals surface area contributed by atoms with Crippen molar-refractivity contribution in [3.63, 3.8) is 0 Å². The maximum atomic E-state index is 14.0. The fourth-order valence-corrected chi connectivity index (χ4v) is 6.73. The second-order valence-corrected chi connectivity index (χ2v) is 13.1. The molecule has 3 fully saturated rings. The standard InChI is InChI=1S/C26H39Cl2N3O6/c1-5-9-15(21(33)22(29)34)12-17(32)20-18-16(26(18,27)28)13-31(20)23(35)19(14-10-7-6-8-11-14)30-24(36)37-25(2,3)4/h14-16,18-20H,5-13H2,1-4H3,(H2,29,34)(H,30,36)/t15?,16-,18-,19-,20+/m0/s1. The number of primary amides is 1. The van der Waals surface area contributed by atoms with Gasteiger partial charge in [-0.3, -0.25) is 19.2 Å². The van der Waals surface area contributed by atoms with E-state index in [4.69, 9.17) is 33.7 Å². The van der Waals surface area contributed by atoms with Crippen LogP contribution in [0.15, 0.2) is 0 Å². The highest BCUT2D eigenvalue weighted by Gasteiger charge is 2.73. The number of hydrogen-bond acceptors (Lipinski definition) is 6. The largest absolute Gasteiger partial charge is 0.444 e. The first-order chi connectivity index (χ1) is 17.2. The zero-order chi connectivity index (χ0) is 27.7. The number of hydrogen-bond donors (Lipinski definition) is 2. The number of amides is 3. The minimum absolute atomic E-state index is 0.0949. The summed E-state index contributed by atoms with van der Waals surface area (Å²) in [6, 6.07) is -1.80. The van der Waals surface area contributed by atoms with Crippen molar-refractivity contribution in [1.29, 1.82) is 0 Å². The highest BCUT2D eigenvalue weighted by Crippen LogP contribution is 2.65. The van der Waals surface area contributed by atoms with Crippen molar-refractivity contribution >= 4 is 52.7 Å². The molecule has 0 aromatic carbocycles. The third-order valence-corrected chi connectivity index (χ3v) is 8.77. The molecule has 208 valence electrons. The molecule has 1 heterocycles. The first-order valence-corrected chi connectivity index (χ1v) is 14.0. The molecule has 11 heteroatoms. The lowest BCUT2D eigenvalue weighted by Crippen LogP contribution is -2.57. The number of carbonyl (C=O) groups excluding carboxylic acids is 5. The number of Topliss-reactive ketones (excluding diaryl/α,β-unsaturated/α-hetero) is 2. The maximum absolute atomic E-state index is 14.0. The van der Waals surface area contributed by atoms with Gasteiger partial charge < -0.3 is 20.7 Å². The average Bonchev–Trinajstić information content (AvgIpc) is 3.14. The van der Waals surface area contributed by atoms with E-state index in [1.807, 2.05) is 6.92 Å². The van der Waals surface area contributed by atoms with Gasteiger partial charge >= 0.3 is 6.09 Å². The number of nitrogens with one attached hydrogen (secondary N) is 1. The Kier molecular flexibility index (Phi) is 9.21. The summed E-state index contributed by atoms with van der Waals surface area (Å²) >= 11 is 12.9. The van der Waals surface area contributed by atoms with Crippen LogP contribution in [0.25, 0.3) is 0 Å². The molecular weight excluding hydrogens is 521 g/mol. The molecule has 1 unspecified atom stereocenters. The summed E-state index contributed by atoms with van der Waals surface area (Å²) in [5.74, 6) is -4.37. The van der Waals surface area contributed by atoms with E-state index in [1.54, 1.807) is 20.8 Å². The predicted octanol–water partition coefficient (Wildman–Crippen LogP) is 3.52. The molecule has 2 saturated carbocycles. The maximum Gasteiger partial charge on any atom is 0.408 e. The monoisotopic (exact) mass is 559 g/mol. The van der Waals surface area contributed by atoms with Gasteiger partial charge in [-0.05, 0) is 46.0 Å². The van der Waals surface area contributed by atoms with Crippen LogP contribution in [0.4, 0.5) is 4.79 Å². The van der Waals surface area contributed by atoms with Crippen molar-refractivity contribution in [3.05, 3.63) is 0 Å². The lowest BCUT2D eigenvalue weighted by molar-refractivity contribution is -0.143. The van der Waals surface area contributed by atoms with Crippen LogP contribution in [0.3, 0.4) is 0 Å². The Morgan fingerprint density at radius 3 is 2.27 bits per heavy atom. The number of rotatable bonds is 10. The fourth-order valence-electron chi connectivity index (χ4n) is 5.90. The van der Waals surface area contributed by atoms with Crippen LogP contribution in [0, 0.1) is 23.7 Å². The summed E-state index contributed by atoms with van der Waals surface area (Å²) in [6.07, 6.45) is 4.46. The van der Waals surface area contributed by atoms with Gasteiger partial charge in [0.05, 0.1) is 6.04 Å². The molecule has 9 nitrogen and oxygen atoms in total. The number of piperidine rings is 1. The third kappa shape index (κ3) is 6.77. The number of likely N-dealkylation sites (tertiary alicyclic amines) is 1. The Labute approximate surface area is 228 Å². The molecule has 37 heavy (non-hydrogen) atoms. The number of alkyl halides is 2. The van der Waals surface area contributed by atoms with Crippen molar-refractivity contribution in [3.8, 4) is 0 Å². The Balaban J connectivity index is 1.85. The van der Waals surface area contributed by atoms with Crippen molar-refractivity contribution in [2.75, 3.05) is 6.54 Å². The van der Waals surface area contributed by atoms with Gasteiger partial charge in [0.15, 0.2) is 5.78 Å². The predicted molar refractivity (Wildman–Crippen MR) is 139 cm³/mol. The Hall–Kier alpha value is -1.87. The van der Waals surface area contributed by atoms with Gasteiger partial charge in [0.1, 0.15) is 16.0 Å². The van der Waals surface area contributed by atoms with Gasteiger partial charge in [-0.15, -0.1) is 23.2 Å². The molecule has 0 aromatic heterocycles. The van der Waals surface area contributed by atoms with Gasteiger partial charge in [0, 0.05) is 30.7 Å². The van der Waals surface area contributed by atoms with E-state index in [1.165, 1.54) is 4.90 Å². The van der Waals surface area contributed by atoms with E-state index in [9.17, 15) is 24.0 Å². The van der Waals surface area contributed by atoms with Gasteiger partial charge in [-0.1, -0.05) is 32.6 Å². The zero-order valence-electron chi connectivity index (χ0n) is 22.1. The van der Waals surface area contributed by atoms with Crippen molar-refractivity contribution < 1.29 is 28.7 Å². The first-order valence-electron chi connectivity index (χ1n) is 13.2. The van der Waals surface area contributed by atoms with Crippen LogP contribution in [-0.2, 0) is 23.9 Å². The summed E-state index contributed by atoms with van der Waals surface area (Å²) in [4.78, 5) is 65.6. The molecule has 0 bridgehead atoms. The lowest BCUT2D eigenvalue weighted by atomic mass is 9.83. The Morgan fingerprint density at radius 1 is 1.11 bits per heavy atom. The van der Waals surface area contributed by atoms with Crippen LogP contribution in [0.5, 0.6) is 0 Å². The van der Waals surface area contributed by atoms with Crippen molar-refractivity contribution in [2.24, 2.45) is 29.4 Å². The highest BCUT2D eigenvalue weighted by atomic mass is 35.5. The summed E-state index contributed by atoms with van der Waals surface area (Å²) < 4.78 is 4.28. The third-order valence-electron chi connectivity index (χ3n) is 7.70. The van der Waals surface area contributed by atoms with E-state index in [2.05, 4.69) is 5.32 Å². The molecule has 3 amide bonds. The van der Waals surface area contributed by atoms with Crippen LogP contribution in [0.2, 0.25) is 0 Å². The molecular formula is C26H39Cl2N3O6. The smallest absolute Gasteiger partial charge is 0.408 e. The molecule has 1 aliphatic heterocycles. The van der Waals surface area contributed by atoms with E-state index < -0.39 is 51.6 Å². The minimum Gasteiger partial charge on any atom is -0.444 e. The van der Waals surface area contributed by atoms with Crippen molar-refractivity contribution in [1.82, 2.24) is 10.2 Å². The van der Waals surface area contributed by atoms with E-state index >= 15 is 0 Å². The van der Waals surface area contributed by atoms with Gasteiger partial charge in [0.2, 0.25) is 11.7 Å². The number of carbonyl (C=O) groups is 5. The molecule has 3 aliphatic rings. The topological polar surface area (TPSA) is 136 Å². The van der Waals surface area contributed by atoms with E-state index in [-0.39, 0.29) is 36.5 Å². The summed E-state index contributed by atoms with van der Waals surface area (Å²) in [6.45, 7) is 7.25. The molecule has 0 spiro atoms. The summed E-state index contributed by atoms with van der Waals surface area (Å²) in [5, 5.41) is 2.78. The minimum atomic E-state index is -1.15. The van der Waals surface area contributed by atoms with Crippen LogP contribution >= 0.6 is 23.2 Å². The van der Waals surface area contributed by atoms with Crippen LogP contribution < -0.4 is 11.1 Å². The van der Waals surface area contributed by atoms with Crippen molar-refractivity contribution in [2.45, 2.75) is 101 Å². The molecule has 3 N–H and O–H groups in total. The number of ether oxygens (including phenoxy) is 1. The molecule has 0 radical (unpaired) electrons. The SMILES string of the molecule is CCCC(CC(=O)[C@@H]1[C@@H]2[C@H](CN1C(=O)[C@@H](NC(=O)OC(C)(C)C)C1CCCCC1)C2(Cl)Cl)C(=O)C(N)=O. The Bertz CT molecular complexity index is 928. The number of ketones is 2. The molecule has 5 atom stereocenters. The fraction of sp³-hybridized carbons (Fsp3) is 0.808.